The van der Waals surface area contributed by atoms with Crippen LogP contribution in [0.15, 0.2) is 33.7 Å². The molecule has 1 aromatic carbocycles. The molecule has 152 valence electrons. The van der Waals surface area contributed by atoms with Crippen LogP contribution in [-0.4, -0.2) is 36.4 Å². The zero-order valence-electron chi connectivity index (χ0n) is 15.1. The summed E-state index contributed by atoms with van der Waals surface area (Å²) in [7, 11) is -4.04. The first kappa shape index (κ1) is 20.3. The van der Waals surface area contributed by atoms with Crippen LogP contribution < -0.4 is 5.32 Å². The maximum absolute atomic E-state index is 13.0. The van der Waals surface area contributed by atoms with E-state index in [2.05, 4.69) is 10.5 Å². The lowest BCUT2D eigenvalue weighted by Crippen LogP contribution is -2.43. The molecular weight excluding hydrogens is 399 g/mol. The molecule has 1 aromatic heterocycles. The van der Waals surface area contributed by atoms with E-state index in [9.17, 15) is 26.4 Å². The highest BCUT2D eigenvalue weighted by Gasteiger charge is 2.42. The number of nitrogens with one attached hydrogen (secondary N) is 1. The third-order valence-electron chi connectivity index (χ3n) is 4.50. The first-order valence-corrected chi connectivity index (χ1v) is 9.88. The number of aryl methyl sites for hydroxylation is 2. The summed E-state index contributed by atoms with van der Waals surface area (Å²) >= 11 is 0. The van der Waals surface area contributed by atoms with E-state index in [4.69, 9.17) is 4.52 Å². The SMILES string of the molecule is Cc1noc(C)c1S(=O)(=O)N1CCCC1C(=O)Nc1cccc(C(F)(F)F)c1. The number of carbonyl (C=O) groups excluding carboxylic acids is 1. The van der Waals surface area contributed by atoms with Crippen LogP contribution in [0, 0.1) is 13.8 Å². The summed E-state index contributed by atoms with van der Waals surface area (Å²) < 4.78 is 70.5. The molecule has 7 nitrogen and oxygen atoms in total. The molecule has 0 radical (unpaired) electrons. The minimum absolute atomic E-state index is 0.0542. The minimum Gasteiger partial charge on any atom is -0.360 e. The molecular formula is C17H18F3N3O4S. The number of alkyl halides is 3. The highest BCUT2D eigenvalue weighted by Crippen LogP contribution is 2.32. The van der Waals surface area contributed by atoms with Crippen molar-refractivity contribution in [3.05, 3.63) is 41.3 Å². The van der Waals surface area contributed by atoms with Crippen LogP contribution >= 0.6 is 0 Å². The van der Waals surface area contributed by atoms with E-state index < -0.39 is 33.7 Å². The molecule has 1 aliphatic heterocycles. The topological polar surface area (TPSA) is 92.5 Å². The molecule has 2 heterocycles. The van der Waals surface area contributed by atoms with Crippen molar-refractivity contribution in [3.63, 3.8) is 0 Å². The first-order chi connectivity index (χ1) is 13.0. The predicted molar refractivity (Wildman–Crippen MR) is 93.0 cm³/mol. The van der Waals surface area contributed by atoms with Crippen LogP contribution in [-0.2, 0) is 21.0 Å². The van der Waals surface area contributed by atoms with Crippen molar-refractivity contribution in [2.45, 2.75) is 43.8 Å². The fraction of sp³-hybridized carbons (Fsp3) is 0.412. The second kappa shape index (κ2) is 7.21. The second-order valence-corrected chi connectivity index (χ2v) is 8.32. The Kier molecular flexibility index (Phi) is 5.24. The van der Waals surface area contributed by atoms with Crippen molar-refractivity contribution in [1.82, 2.24) is 9.46 Å². The Bertz CT molecular complexity index is 982. The van der Waals surface area contributed by atoms with Gasteiger partial charge >= 0.3 is 6.18 Å². The third kappa shape index (κ3) is 3.76. The Hall–Kier alpha value is -2.40. The number of aromatic nitrogens is 1. The molecule has 1 aliphatic rings. The van der Waals surface area contributed by atoms with E-state index in [1.165, 1.54) is 26.0 Å². The lowest BCUT2D eigenvalue weighted by atomic mass is 10.1. The van der Waals surface area contributed by atoms with E-state index in [0.717, 1.165) is 16.4 Å². The number of amides is 1. The molecule has 0 bridgehead atoms. The maximum atomic E-state index is 13.0. The minimum atomic E-state index is -4.55. The van der Waals surface area contributed by atoms with Crippen LogP contribution in [0.5, 0.6) is 0 Å². The highest BCUT2D eigenvalue weighted by molar-refractivity contribution is 7.89. The molecule has 1 fully saturated rings. The highest BCUT2D eigenvalue weighted by atomic mass is 32.2. The van der Waals surface area contributed by atoms with Gasteiger partial charge in [0.15, 0.2) is 5.76 Å². The van der Waals surface area contributed by atoms with E-state index in [0.29, 0.717) is 6.42 Å². The van der Waals surface area contributed by atoms with E-state index >= 15 is 0 Å². The van der Waals surface area contributed by atoms with Crippen LogP contribution in [0.4, 0.5) is 18.9 Å². The number of carbonyl (C=O) groups is 1. The number of halogens is 3. The molecule has 3 rings (SSSR count). The monoisotopic (exact) mass is 417 g/mol. The number of anilines is 1. The average Bonchev–Trinajstić information content (AvgIpc) is 3.22. The van der Waals surface area contributed by atoms with E-state index in [-0.39, 0.29) is 35.0 Å². The number of hydrogen-bond donors (Lipinski definition) is 1. The van der Waals surface area contributed by atoms with E-state index in [1.807, 2.05) is 0 Å². The predicted octanol–water partition coefficient (Wildman–Crippen LogP) is 3.10. The average molecular weight is 417 g/mol. The summed E-state index contributed by atoms with van der Waals surface area (Å²) in [6, 6.07) is 3.15. The van der Waals surface area contributed by atoms with Gasteiger partial charge in [-0.25, -0.2) is 8.42 Å². The fourth-order valence-electron chi connectivity index (χ4n) is 3.25. The van der Waals surface area contributed by atoms with Crippen LogP contribution in [0.3, 0.4) is 0 Å². The van der Waals surface area contributed by atoms with Crippen molar-refractivity contribution >= 4 is 21.6 Å². The van der Waals surface area contributed by atoms with Gasteiger partial charge < -0.3 is 9.84 Å². The molecule has 28 heavy (non-hydrogen) atoms. The van der Waals surface area contributed by atoms with Gasteiger partial charge in [0.1, 0.15) is 16.6 Å². The van der Waals surface area contributed by atoms with Crippen molar-refractivity contribution in [1.29, 1.82) is 0 Å². The number of rotatable bonds is 4. The van der Waals surface area contributed by atoms with Crippen LogP contribution in [0.1, 0.15) is 29.9 Å². The normalized spacial score (nSPS) is 18.4. The fourth-order valence-corrected chi connectivity index (χ4v) is 5.20. The van der Waals surface area contributed by atoms with Gasteiger partial charge in [0.2, 0.25) is 15.9 Å². The molecule has 1 unspecified atom stereocenters. The largest absolute Gasteiger partial charge is 0.416 e. The lowest BCUT2D eigenvalue weighted by molar-refractivity contribution is -0.137. The lowest BCUT2D eigenvalue weighted by Gasteiger charge is -2.23. The van der Waals surface area contributed by atoms with Crippen molar-refractivity contribution in [3.8, 4) is 0 Å². The number of benzene rings is 1. The summed E-state index contributed by atoms with van der Waals surface area (Å²) in [4.78, 5) is 12.5. The van der Waals surface area contributed by atoms with Crippen LogP contribution in [0.25, 0.3) is 0 Å². The Morgan fingerprint density at radius 2 is 2.04 bits per heavy atom. The van der Waals surface area contributed by atoms with E-state index in [1.54, 1.807) is 0 Å². The molecule has 1 N–H and O–H groups in total. The number of sulfonamides is 1. The van der Waals surface area contributed by atoms with Crippen LogP contribution in [0.2, 0.25) is 0 Å². The maximum Gasteiger partial charge on any atom is 0.416 e. The van der Waals surface area contributed by atoms with Gasteiger partial charge in [0.05, 0.1) is 5.56 Å². The molecule has 1 atom stereocenters. The molecule has 11 heteroatoms. The van der Waals surface area contributed by atoms with Gasteiger partial charge in [0.25, 0.3) is 0 Å². The Balaban J connectivity index is 1.84. The molecule has 0 spiro atoms. The molecule has 0 saturated carbocycles. The number of hydrogen-bond acceptors (Lipinski definition) is 5. The quantitative estimate of drug-likeness (QED) is 0.825. The van der Waals surface area contributed by atoms with Gasteiger partial charge in [-0.15, -0.1) is 0 Å². The first-order valence-electron chi connectivity index (χ1n) is 8.44. The number of nitrogens with zero attached hydrogens (tertiary/aromatic N) is 2. The summed E-state index contributed by atoms with van der Waals surface area (Å²) in [6.07, 6.45) is -3.84. The smallest absolute Gasteiger partial charge is 0.360 e. The standard InChI is InChI=1S/C17H18F3N3O4S/c1-10-15(11(2)27-22-10)28(25,26)23-8-4-7-14(23)16(24)21-13-6-3-5-12(9-13)17(18,19)20/h3,5-6,9,14H,4,7-8H2,1-2H3,(H,21,24). The van der Waals surface area contributed by atoms with Gasteiger partial charge in [-0.2, -0.15) is 17.5 Å². The third-order valence-corrected chi connectivity index (χ3v) is 6.65. The summed E-state index contributed by atoms with van der Waals surface area (Å²) in [6.45, 7) is 3.06. The van der Waals surface area contributed by atoms with Crippen molar-refractivity contribution in [2.24, 2.45) is 0 Å². The van der Waals surface area contributed by atoms with Gasteiger partial charge in [0, 0.05) is 12.2 Å². The van der Waals surface area contributed by atoms with Gasteiger partial charge in [-0.3, -0.25) is 4.79 Å². The summed E-state index contributed by atoms with van der Waals surface area (Å²) in [5.41, 5.74) is -0.778. The summed E-state index contributed by atoms with van der Waals surface area (Å²) in [5.74, 6) is -0.575. The Morgan fingerprint density at radius 3 is 2.64 bits per heavy atom. The molecule has 2 aromatic rings. The van der Waals surface area contributed by atoms with Crippen molar-refractivity contribution in [2.75, 3.05) is 11.9 Å². The Labute approximate surface area is 159 Å². The zero-order valence-corrected chi connectivity index (χ0v) is 15.9. The molecule has 1 amide bonds. The van der Waals surface area contributed by atoms with Gasteiger partial charge in [-0.05, 0) is 44.9 Å². The molecule has 0 aliphatic carbocycles. The zero-order chi connectivity index (χ0) is 20.7. The second-order valence-electron chi connectivity index (χ2n) is 6.49. The molecule has 1 saturated heterocycles. The van der Waals surface area contributed by atoms with Gasteiger partial charge in [-0.1, -0.05) is 11.2 Å². The van der Waals surface area contributed by atoms with Crippen molar-refractivity contribution < 1.29 is 30.9 Å². The summed E-state index contributed by atoms with van der Waals surface area (Å²) in [5, 5.41) is 6.03. The Morgan fingerprint density at radius 1 is 1.32 bits per heavy atom.